The first kappa shape index (κ1) is 22.4. The first-order valence-corrected chi connectivity index (χ1v) is 11.7. The number of carbonyl (C=O) groups is 1. The molecule has 4 aromatic heterocycles. The molecule has 0 bridgehead atoms. The molecule has 0 aliphatic heterocycles. The molecule has 0 saturated carbocycles. The minimum atomic E-state index is -0.299. The van der Waals surface area contributed by atoms with Crippen LogP contribution in [0.4, 0.5) is 17.2 Å². The highest BCUT2D eigenvalue weighted by Gasteiger charge is 2.13. The highest BCUT2D eigenvalue weighted by molar-refractivity contribution is 6.33. The van der Waals surface area contributed by atoms with Crippen molar-refractivity contribution < 1.29 is 4.79 Å². The van der Waals surface area contributed by atoms with Gasteiger partial charge in [-0.25, -0.2) is 9.97 Å². The van der Waals surface area contributed by atoms with Gasteiger partial charge in [0.1, 0.15) is 11.5 Å². The lowest BCUT2D eigenvalue weighted by Crippen LogP contribution is -2.12. The molecule has 0 unspecified atom stereocenters. The van der Waals surface area contributed by atoms with E-state index in [4.69, 9.17) is 11.6 Å². The van der Waals surface area contributed by atoms with Crippen molar-refractivity contribution in [3.63, 3.8) is 0 Å². The number of halogens is 1. The molecule has 0 saturated heterocycles. The third-order valence-electron chi connectivity index (χ3n) is 5.79. The molecule has 2 aromatic carbocycles. The predicted octanol–water partition coefficient (Wildman–Crippen LogP) is 6.06. The number of hydrogen-bond acceptors (Lipinski definition) is 6. The second-order valence-electron chi connectivity index (χ2n) is 8.25. The van der Waals surface area contributed by atoms with Gasteiger partial charge in [-0.1, -0.05) is 35.9 Å². The second kappa shape index (κ2) is 9.56. The Morgan fingerprint density at radius 1 is 0.892 bits per heavy atom. The van der Waals surface area contributed by atoms with Gasteiger partial charge in [-0.2, -0.15) is 5.10 Å². The van der Waals surface area contributed by atoms with Gasteiger partial charge >= 0.3 is 0 Å². The summed E-state index contributed by atoms with van der Waals surface area (Å²) in [5.74, 6) is 0.931. The smallest absolute Gasteiger partial charge is 0.272 e. The number of amides is 1. The topological polar surface area (TPSA) is 124 Å². The van der Waals surface area contributed by atoms with Gasteiger partial charge in [0.05, 0.1) is 16.9 Å². The number of fused-ring (bicyclic) bond motifs is 1. The van der Waals surface area contributed by atoms with E-state index in [0.29, 0.717) is 28.0 Å². The third-order valence-corrected chi connectivity index (χ3v) is 6.09. The normalized spacial score (nSPS) is 10.9. The van der Waals surface area contributed by atoms with Crippen molar-refractivity contribution in [2.75, 3.05) is 10.6 Å². The van der Waals surface area contributed by atoms with E-state index < -0.39 is 0 Å². The molecule has 0 fully saturated rings. The zero-order valence-corrected chi connectivity index (χ0v) is 20.0. The Labute approximate surface area is 216 Å². The summed E-state index contributed by atoms with van der Waals surface area (Å²) in [4.78, 5) is 28.9. The Morgan fingerprint density at radius 3 is 2.57 bits per heavy atom. The fourth-order valence-corrected chi connectivity index (χ4v) is 4.09. The van der Waals surface area contributed by atoms with Crippen LogP contribution >= 0.6 is 11.6 Å². The van der Waals surface area contributed by atoms with E-state index in [1.165, 1.54) is 6.20 Å². The molecule has 9 nitrogen and oxygen atoms in total. The maximum atomic E-state index is 12.7. The van der Waals surface area contributed by atoms with Gasteiger partial charge in [0.15, 0.2) is 5.82 Å². The molecule has 6 rings (SSSR count). The summed E-state index contributed by atoms with van der Waals surface area (Å²) in [5, 5.41) is 14.2. The van der Waals surface area contributed by atoms with E-state index in [-0.39, 0.29) is 5.91 Å². The van der Waals surface area contributed by atoms with Gasteiger partial charge < -0.3 is 15.6 Å². The van der Waals surface area contributed by atoms with Gasteiger partial charge in [0.2, 0.25) is 0 Å². The van der Waals surface area contributed by atoms with Gasteiger partial charge in [-0.05, 0) is 42.0 Å². The van der Waals surface area contributed by atoms with Crippen LogP contribution in [0.3, 0.4) is 0 Å². The van der Waals surface area contributed by atoms with E-state index >= 15 is 0 Å². The highest BCUT2D eigenvalue weighted by Crippen LogP contribution is 2.26. The maximum absolute atomic E-state index is 12.7. The fraction of sp³-hybridized carbons (Fsp3) is 0. The molecule has 0 aliphatic carbocycles. The number of nitrogens with zero attached hydrogens (tertiary/aromatic N) is 4. The van der Waals surface area contributed by atoms with Crippen LogP contribution in [0.5, 0.6) is 0 Å². The molecule has 0 radical (unpaired) electrons. The van der Waals surface area contributed by atoms with Gasteiger partial charge in [0, 0.05) is 52.5 Å². The van der Waals surface area contributed by atoms with Crippen molar-refractivity contribution in [3.8, 4) is 22.5 Å². The van der Waals surface area contributed by atoms with E-state index in [2.05, 4.69) is 40.8 Å². The van der Waals surface area contributed by atoms with E-state index in [0.717, 1.165) is 33.3 Å². The monoisotopic (exact) mass is 506 g/mol. The Hall–Kier alpha value is -5.02. The van der Waals surface area contributed by atoms with Crippen molar-refractivity contribution in [3.05, 3.63) is 102 Å². The summed E-state index contributed by atoms with van der Waals surface area (Å²) in [6.45, 7) is 0. The average molecular weight is 507 g/mol. The molecule has 6 aromatic rings. The zero-order valence-electron chi connectivity index (χ0n) is 19.2. The summed E-state index contributed by atoms with van der Waals surface area (Å²) in [5.41, 5.74) is 5.51. The largest absolute Gasteiger partial charge is 0.350 e. The predicted molar refractivity (Wildman–Crippen MR) is 144 cm³/mol. The Kier molecular flexibility index (Phi) is 5.80. The number of H-pyrrole nitrogens is 2. The minimum Gasteiger partial charge on any atom is -0.350 e. The summed E-state index contributed by atoms with van der Waals surface area (Å²) in [7, 11) is 0. The number of hydrogen-bond donors (Lipinski definition) is 4. The van der Waals surface area contributed by atoms with Crippen molar-refractivity contribution in [1.82, 2.24) is 30.1 Å². The SMILES string of the molecule is O=C(Nc1ccncc1Cl)c1cc2ccc(-c3nccc(Nc4ccc(-c5cn[nH]c5)cc4)n3)cc2[nH]1. The lowest BCUT2D eigenvalue weighted by molar-refractivity contribution is 0.102. The molecule has 1 amide bonds. The van der Waals surface area contributed by atoms with Crippen LogP contribution in [-0.2, 0) is 0 Å². The number of nitrogens with one attached hydrogen (secondary N) is 4. The van der Waals surface area contributed by atoms with Crippen LogP contribution in [0.2, 0.25) is 5.02 Å². The van der Waals surface area contributed by atoms with Gasteiger partial charge in [-0.3, -0.25) is 14.9 Å². The van der Waals surface area contributed by atoms with Crippen LogP contribution in [0.15, 0.2) is 91.6 Å². The van der Waals surface area contributed by atoms with Crippen LogP contribution < -0.4 is 10.6 Å². The first-order chi connectivity index (χ1) is 18.1. The Balaban J connectivity index is 1.21. The number of aromatic nitrogens is 6. The summed E-state index contributed by atoms with van der Waals surface area (Å²) in [6, 6.07) is 19.0. The quantitative estimate of drug-likeness (QED) is 0.218. The van der Waals surface area contributed by atoms with Gasteiger partial charge in [0.25, 0.3) is 5.91 Å². The number of anilines is 3. The number of pyridine rings is 1. The summed E-state index contributed by atoms with van der Waals surface area (Å²) in [6.07, 6.45) is 8.39. The third kappa shape index (κ3) is 4.75. The van der Waals surface area contributed by atoms with Gasteiger partial charge in [-0.15, -0.1) is 0 Å². The number of rotatable bonds is 6. The molecular formula is C27H19ClN8O. The maximum Gasteiger partial charge on any atom is 0.272 e. The van der Waals surface area contributed by atoms with E-state index in [1.807, 2.05) is 54.7 Å². The Bertz CT molecular complexity index is 1710. The van der Waals surface area contributed by atoms with Crippen LogP contribution in [0.25, 0.3) is 33.4 Å². The lowest BCUT2D eigenvalue weighted by Gasteiger charge is -2.08. The average Bonchev–Trinajstić information content (AvgIpc) is 3.61. The number of aromatic amines is 2. The molecule has 4 N–H and O–H groups in total. The standard InChI is InChI=1S/C27H19ClN8O/c28-21-15-29-9-7-22(21)35-27(37)24-11-17-1-2-18(12-23(17)34-24)26-30-10-8-25(36-26)33-20-5-3-16(4-6-20)19-13-31-32-14-19/h1-15,34H,(H,31,32)(H,29,35,37)(H,30,33,36). The van der Waals surface area contributed by atoms with Crippen molar-refractivity contribution in [1.29, 1.82) is 0 Å². The molecular weight excluding hydrogens is 488 g/mol. The van der Waals surface area contributed by atoms with Crippen molar-refractivity contribution in [2.24, 2.45) is 0 Å². The van der Waals surface area contributed by atoms with E-state index in [1.54, 1.807) is 30.7 Å². The first-order valence-electron chi connectivity index (χ1n) is 11.4. The van der Waals surface area contributed by atoms with E-state index in [9.17, 15) is 4.79 Å². The lowest BCUT2D eigenvalue weighted by atomic mass is 10.1. The Morgan fingerprint density at radius 2 is 1.76 bits per heavy atom. The molecule has 4 heterocycles. The molecule has 0 spiro atoms. The molecule has 10 heteroatoms. The zero-order chi connectivity index (χ0) is 25.2. The van der Waals surface area contributed by atoms with Crippen LogP contribution in [0, 0.1) is 0 Å². The molecule has 0 aliphatic rings. The summed E-state index contributed by atoms with van der Waals surface area (Å²) >= 11 is 6.10. The van der Waals surface area contributed by atoms with Crippen molar-refractivity contribution >= 4 is 45.6 Å². The fourth-order valence-electron chi connectivity index (χ4n) is 3.92. The molecule has 180 valence electrons. The molecule has 0 atom stereocenters. The van der Waals surface area contributed by atoms with Crippen molar-refractivity contribution in [2.45, 2.75) is 0 Å². The number of carbonyl (C=O) groups excluding carboxylic acids is 1. The molecule has 37 heavy (non-hydrogen) atoms. The van der Waals surface area contributed by atoms with Crippen LogP contribution in [0.1, 0.15) is 10.5 Å². The summed E-state index contributed by atoms with van der Waals surface area (Å²) < 4.78 is 0. The number of benzene rings is 2. The second-order valence-corrected chi connectivity index (χ2v) is 8.66. The van der Waals surface area contributed by atoms with Crippen LogP contribution in [-0.4, -0.2) is 36.0 Å². The minimum absolute atomic E-state index is 0.299. The highest BCUT2D eigenvalue weighted by atomic mass is 35.5.